The molecule has 0 atom stereocenters. The third-order valence-electron chi connectivity index (χ3n) is 17.0. The summed E-state index contributed by atoms with van der Waals surface area (Å²) in [5.41, 5.74) is 20.8. The van der Waals surface area contributed by atoms with E-state index in [1.165, 1.54) is 109 Å². The Morgan fingerprint density at radius 3 is 1.33 bits per heavy atom. The molecule has 6 aromatic heterocycles. The summed E-state index contributed by atoms with van der Waals surface area (Å²) >= 11 is 3.58. The van der Waals surface area contributed by atoms with Crippen LogP contribution in [0, 0.1) is 0 Å². The molecule has 0 unspecified atom stereocenters. The van der Waals surface area contributed by atoms with E-state index in [9.17, 15) is 26.7 Å². The first-order chi connectivity index (χ1) is 48.5. The zero-order valence-electron chi connectivity index (χ0n) is 53.0. The number of aromatic hydroxyl groups is 2. The number of alkyl halides is 3. The maximum absolute atomic E-state index is 12.6. The predicted molar refractivity (Wildman–Crippen MR) is 385 cm³/mol. The number of halogens is 4. The van der Waals surface area contributed by atoms with Gasteiger partial charge in [0.2, 0.25) is 0 Å². The molecular formula is C79H59BBrF3N8O7S. The summed E-state index contributed by atoms with van der Waals surface area (Å²) in [6, 6.07) is 68.6. The van der Waals surface area contributed by atoms with Gasteiger partial charge in [-0.15, -0.1) is 0 Å². The summed E-state index contributed by atoms with van der Waals surface area (Å²) in [7, 11) is -7.23. The largest absolute Gasteiger partial charge is 0.534 e. The third-order valence-corrected chi connectivity index (χ3v) is 18.6. The fraction of sp³-hybridized carbons (Fsp3) is 0.0633. The Bertz CT molecular complexity index is 5360. The zero-order chi connectivity index (χ0) is 69.3. The maximum Gasteiger partial charge on any atom is 0.534 e. The molecule has 4 aliphatic carbocycles. The number of phenols is 2. The number of nitrogens with zero attached hydrogens (tertiary/aromatic N) is 7. The number of imidazole rings is 2. The van der Waals surface area contributed by atoms with Gasteiger partial charge in [-0.25, -0.2) is 9.97 Å². The van der Waals surface area contributed by atoms with Crippen LogP contribution in [0.1, 0.15) is 45.0 Å². The smallest absolute Gasteiger partial charge is 0.508 e. The number of pyridine rings is 4. The molecule has 0 amide bonds. The van der Waals surface area contributed by atoms with E-state index in [-0.39, 0.29) is 5.75 Å². The van der Waals surface area contributed by atoms with Crippen LogP contribution in [-0.4, -0.2) is 80.8 Å². The Balaban J connectivity index is 0.000000113. The molecule has 15 nitrogen and oxygen atoms in total. The van der Waals surface area contributed by atoms with Crippen LogP contribution in [0.5, 0.6) is 17.2 Å². The molecule has 18 rings (SSSR count). The number of hydrogen-bond donors (Lipinski definition) is 5. The summed E-state index contributed by atoms with van der Waals surface area (Å²) in [5.74, 6) is -0.0772. The molecule has 0 saturated carbocycles. The van der Waals surface area contributed by atoms with Gasteiger partial charge < -0.3 is 34.0 Å². The highest BCUT2D eigenvalue weighted by atomic mass is 79.9. The minimum atomic E-state index is -5.72. The molecule has 100 heavy (non-hydrogen) atoms. The Hall–Kier alpha value is -11.6. The number of H-pyrrole nitrogens is 1. The second kappa shape index (κ2) is 29.6. The van der Waals surface area contributed by atoms with E-state index < -0.39 is 28.5 Å². The summed E-state index contributed by atoms with van der Waals surface area (Å²) in [5, 5.41) is 35.7. The van der Waals surface area contributed by atoms with Gasteiger partial charge in [0.05, 0.1) is 35.4 Å². The number of nitrogens with one attached hydrogen (secondary N) is 1. The van der Waals surface area contributed by atoms with Crippen LogP contribution in [0.25, 0.3) is 83.6 Å². The van der Waals surface area contributed by atoms with E-state index >= 15 is 0 Å². The third kappa shape index (κ3) is 14.8. The predicted octanol–water partition coefficient (Wildman–Crippen LogP) is 16.0. The Labute approximate surface area is 582 Å². The number of fused-ring (bicyclic) bond motifs is 12. The molecule has 0 spiro atoms. The summed E-state index contributed by atoms with van der Waals surface area (Å²) in [4.78, 5) is 28.5. The fourth-order valence-corrected chi connectivity index (χ4v) is 13.6. The first-order valence-electron chi connectivity index (χ1n) is 31.5. The van der Waals surface area contributed by atoms with E-state index in [2.05, 4.69) is 158 Å². The Morgan fingerprint density at radius 1 is 0.460 bits per heavy atom. The lowest BCUT2D eigenvalue weighted by molar-refractivity contribution is -0.0500. The zero-order valence-corrected chi connectivity index (χ0v) is 55.4. The highest BCUT2D eigenvalue weighted by Gasteiger charge is 2.48. The average Bonchev–Trinajstić information content (AvgIpc) is 1.62. The van der Waals surface area contributed by atoms with Crippen LogP contribution >= 0.6 is 15.9 Å². The highest BCUT2D eigenvalue weighted by molar-refractivity contribution is 9.10. The second-order valence-corrected chi connectivity index (χ2v) is 25.7. The Kier molecular flexibility index (Phi) is 19.8. The number of aromatic nitrogens is 8. The lowest BCUT2D eigenvalue weighted by Crippen LogP contribution is -2.29. The number of hydrogen-bond acceptors (Lipinski definition) is 13. The van der Waals surface area contributed by atoms with E-state index in [4.69, 9.17) is 15.2 Å². The van der Waals surface area contributed by atoms with Gasteiger partial charge in [-0.2, -0.15) is 21.6 Å². The van der Waals surface area contributed by atoms with Crippen LogP contribution in [0.15, 0.2) is 285 Å². The lowest BCUT2D eigenvalue weighted by Gasteiger charge is -2.12. The topological polar surface area (TPSA) is 222 Å². The molecule has 0 aliphatic heterocycles. The number of rotatable bonds is 7. The SMILES string of the molecule is Brc1ccnc2c1-c1ccccc1C2.O=S(=O)(Oc1cccc(-c2ccnc3c2-c2ccccc2C3)c1)C(F)(F)F.OB(O)c1cccc(O)c1.Oc1cccc(-c2ccnc3c2-c2ccccc2C3)c1.c1c[nH]cn1.c1cc(-c2ccnc3c2-c2ccccc2C3)cc(-n2ccnc2)c1. The molecule has 0 fully saturated rings. The van der Waals surface area contributed by atoms with E-state index in [0.29, 0.717) is 23.2 Å². The van der Waals surface area contributed by atoms with Gasteiger partial charge in [0.15, 0.2) is 0 Å². The van der Waals surface area contributed by atoms with Crippen LogP contribution < -0.4 is 9.65 Å². The normalized spacial score (nSPS) is 11.9. The van der Waals surface area contributed by atoms with Crippen molar-refractivity contribution in [2.24, 2.45) is 0 Å². The van der Waals surface area contributed by atoms with Gasteiger partial charge in [-0.3, -0.25) is 19.9 Å². The van der Waals surface area contributed by atoms with Gasteiger partial charge in [0.25, 0.3) is 0 Å². The minimum Gasteiger partial charge on any atom is -0.508 e. The lowest BCUT2D eigenvalue weighted by atomic mass is 9.80. The molecule has 5 N–H and O–H groups in total. The number of benzene rings is 8. The van der Waals surface area contributed by atoms with Crippen molar-refractivity contribution in [1.82, 2.24) is 39.5 Å². The highest BCUT2D eigenvalue weighted by Crippen LogP contribution is 2.46. The van der Waals surface area contributed by atoms with E-state index in [1.54, 1.807) is 61.4 Å². The molecule has 14 aromatic rings. The molecule has 0 bridgehead atoms. The average molecular weight is 1410 g/mol. The van der Waals surface area contributed by atoms with Crippen molar-refractivity contribution < 1.29 is 46.0 Å². The number of aromatic amines is 1. The van der Waals surface area contributed by atoms with Gasteiger partial charge >= 0.3 is 22.7 Å². The van der Waals surface area contributed by atoms with E-state index in [1.807, 2.05) is 84.2 Å². The van der Waals surface area contributed by atoms with Crippen molar-refractivity contribution in [1.29, 1.82) is 0 Å². The summed E-state index contributed by atoms with van der Waals surface area (Å²) < 4.78 is 67.6. The molecular weight excluding hydrogens is 1350 g/mol. The quantitative estimate of drug-likeness (QED) is 0.0570. The van der Waals surface area contributed by atoms with Crippen LogP contribution in [-0.2, 0) is 35.8 Å². The van der Waals surface area contributed by atoms with Crippen molar-refractivity contribution in [3.05, 3.63) is 330 Å². The van der Waals surface area contributed by atoms with Crippen molar-refractivity contribution in [3.63, 3.8) is 0 Å². The molecule has 494 valence electrons. The molecule has 6 heterocycles. The summed E-state index contributed by atoms with van der Waals surface area (Å²) in [6.07, 6.45) is 21.4. The fourth-order valence-electron chi connectivity index (χ4n) is 12.5. The molecule has 0 saturated heterocycles. The van der Waals surface area contributed by atoms with Crippen molar-refractivity contribution in [2.45, 2.75) is 31.2 Å². The van der Waals surface area contributed by atoms with Crippen molar-refractivity contribution in [3.8, 4) is 101 Å². The van der Waals surface area contributed by atoms with Crippen molar-refractivity contribution in [2.75, 3.05) is 0 Å². The van der Waals surface area contributed by atoms with Gasteiger partial charge in [0.1, 0.15) is 17.2 Å². The molecule has 21 heteroatoms. The van der Waals surface area contributed by atoms with Crippen molar-refractivity contribution >= 4 is 38.6 Å². The second-order valence-electron chi connectivity index (χ2n) is 23.3. The number of phenolic OH excluding ortho intramolecular Hbond substituents is 2. The van der Waals surface area contributed by atoms with E-state index in [0.717, 1.165) is 74.2 Å². The van der Waals surface area contributed by atoms with Crippen LogP contribution in [0.2, 0.25) is 0 Å². The van der Waals surface area contributed by atoms with Gasteiger partial charge in [-0.05, 0) is 156 Å². The molecule has 8 aromatic carbocycles. The Morgan fingerprint density at radius 2 is 0.900 bits per heavy atom. The summed E-state index contributed by atoms with van der Waals surface area (Å²) in [6.45, 7) is 0. The first-order valence-corrected chi connectivity index (χ1v) is 33.7. The minimum absolute atomic E-state index is 0.0330. The maximum atomic E-state index is 12.6. The standard InChI is InChI=1S/C21H15N3.C19H12F3NO3S.C18H13NO.C12H8BrN.C6H7BO3.C3H4N2/c1-2-7-18-16(4-1)13-20-21(18)19(8-9-23-20)15-5-3-6-17(12-15)24-11-10-22-14-24;20-19(21,22)27(24,25)26-14-6-3-5-12(10-14)16-8-9-23-17-11-13-4-1-2-7-15(13)18(16)17;20-14-6-3-5-12(10-14)16-8-9-19-17-11-13-4-1-2-7-15(13)18(16)17;13-10-5-6-14-11-7-8-3-1-2-4-9(8)12(10)11;8-6-3-1-2-5(4-6)7(9)10;1-2-5-3-4-1/h1-12,14H,13H2;1-10H,11H2;1-10,20H,11H2;1-6H,7H2;1-4,8-10H;1-3H,(H,4,5). The molecule has 0 radical (unpaired) electrons. The first kappa shape index (κ1) is 67.0. The van der Waals surface area contributed by atoms with Gasteiger partial charge in [-0.1, -0.05) is 162 Å². The van der Waals surface area contributed by atoms with Crippen LogP contribution in [0.3, 0.4) is 0 Å². The van der Waals surface area contributed by atoms with Crippen LogP contribution in [0.4, 0.5) is 13.2 Å². The van der Waals surface area contributed by atoms with Gasteiger partial charge in [0, 0.05) is 108 Å². The molecule has 4 aliphatic rings. The monoisotopic (exact) mass is 1410 g/mol.